The van der Waals surface area contributed by atoms with E-state index in [1.807, 2.05) is 37.3 Å². The number of thiocarbonyl (C=S) groups is 1. The zero-order chi connectivity index (χ0) is 22.7. The van der Waals surface area contributed by atoms with Crippen molar-refractivity contribution in [3.63, 3.8) is 0 Å². The van der Waals surface area contributed by atoms with E-state index in [0.29, 0.717) is 10.8 Å². The molecule has 0 spiro atoms. The maximum atomic E-state index is 12.5. The molecule has 0 radical (unpaired) electrons. The molecule has 1 aliphatic rings. The van der Waals surface area contributed by atoms with Crippen molar-refractivity contribution in [2.24, 2.45) is 0 Å². The van der Waals surface area contributed by atoms with E-state index in [9.17, 15) is 4.79 Å². The highest BCUT2D eigenvalue weighted by Gasteiger charge is 2.17. The lowest BCUT2D eigenvalue weighted by Gasteiger charge is -2.31. The fourth-order valence-corrected chi connectivity index (χ4v) is 3.98. The Morgan fingerprint density at radius 1 is 1.09 bits per heavy atom. The Morgan fingerprint density at radius 3 is 2.50 bits per heavy atom. The van der Waals surface area contributed by atoms with Crippen LogP contribution < -0.4 is 20.4 Å². The molecule has 0 atom stereocenters. The molecule has 32 heavy (non-hydrogen) atoms. The minimum atomic E-state index is -0.413. The lowest BCUT2D eigenvalue weighted by atomic mass is 10.1. The van der Waals surface area contributed by atoms with Gasteiger partial charge in [-0.3, -0.25) is 10.1 Å². The number of hydrogen-bond acceptors (Lipinski definition) is 4. The van der Waals surface area contributed by atoms with Crippen LogP contribution in [0.2, 0.25) is 5.02 Å². The molecule has 0 unspecified atom stereocenters. The van der Waals surface area contributed by atoms with Gasteiger partial charge in [0.1, 0.15) is 5.76 Å². The molecular weight excluding hydrogens is 444 g/mol. The van der Waals surface area contributed by atoms with Crippen LogP contribution in [0.3, 0.4) is 0 Å². The Bertz CT molecular complexity index is 1120. The molecule has 8 heteroatoms. The number of nitrogens with zero attached hydrogens (tertiary/aromatic N) is 1. The number of amides is 1. The maximum absolute atomic E-state index is 12.5. The summed E-state index contributed by atoms with van der Waals surface area (Å²) < 4.78 is 5.70. The molecule has 0 saturated carbocycles. The molecule has 1 aliphatic heterocycles. The van der Waals surface area contributed by atoms with Crippen molar-refractivity contribution in [3.05, 3.63) is 70.9 Å². The van der Waals surface area contributed by atoms with Crippen LogP contribution >= 0.6 is 23.8 Å². The fraction of sp³-hybridized carbons (Fsp3) is 0.250. The Morgan fingerprint density at radius 2 is 1.81 bits per heavy atom. The summed E-state index contributed by atoms with van der Waals surface area (Å²) in [5.74, 6) is 0.328. The van der Waals surface area contributed by atoms with Crippen molar-refractivity contribution >= 4 is 46.2 Å². The third-order valence-electron chi connectivity index (χ3n) is 5.62. The molecule has 1 saturated heterocycles. The summed E-state index contributed by atoms with van der Waals surface area (Å²) in [6, 6.07) is 17.1. The summed E-state index contributed by atoms with van der Waals surface area (Å²) in [7, 11) is 2.22. The largest absolute Gasteiger partial charge is 0.451 e. The molecule has 166 valence electrons. The molecule has 3 N–H and O–H groups in total. The van der Waals surface area contributed by atoms with Crippen LogP contribution in [0, 0.1) is 6.92 Å². The first-order chi connectivity index (χ1) is 15.4. The Labute approximate surface area is 198 Å². The van der Waals surface area contributed by atoms with Crippen molar-refractivity contribution in [2.45, 2.75) is 6.92 Å². The zero-order valence-electron chi connectivity index (χ0n) is 18.1. The van der Waals surface area contributed by atoms with Crippen LogP contribution in [0.4, 0.5) is 11.4 Å². The molecule has 6 nitrogen and oxygen atoms in total. The summed E-state index contributed by atoms with van der Waals surface area (Å²) in [5.41, 5.74) is 3.79. The quantitative estimate of drug-likeness (QED) is 0.511. The second-order valence-electron chi connectivity index (χ2n) is 8.03. The highest BCUT2D eigenvalue weighted by molar-refractivity contribution is 7.80. The number of carbonyl (C=O) groups excluding carboxylic acids is 1. The van der Waals surface area contributed by atoms with E-state index >= 15 is 0 Å². The number of piperazine rings is 1. The summed E-state index contributed by atoms with van der Waals surface area (Å²) in [5, 5.41) is 6.57. The lowest BCUT2D eigenvalue weighted by Crippen LogP contribution is -3.12. The lowest BCUT2D eigenvalue weighted by molar-refractivity contribution is -0.880. The van der Waals surface area contributed by atoms with Crippen molar-refractivity contribution in [1.82, 2.24) is 5.32 Å². The van der Waals surface area contributed by atoms with E-state index in [1.165, 1.54) is 5.69 Å². The topological polar surface area (TPSA) is 62.0 Å². The Hall–Kier alpha value is -2.87. The third-order valence-corrected chi connectivity index (χ3v) is 6.23. The first-order valence-electron chi connectivity index (χ1n) is 10.5. The molecule has 1 aromatic heterocycles. The zero-order valence-corrected chi connectivity index (χ0v) is 19.6. The normalized spacial score (nSPS) is 14.3. The molecule has 0 aliphatic carbocycles. The highest BCUT2D eigenvalue weighted by Crippen LogP contribution is 2.27. The number of furan rings is 1. The summed E-state index contributed by atoms with van der Waals surface area (Å²) in [4.78, 5) is 16.5. The molecular formula is C24H26ClN4O2S+. The van der Waals surface area contributed by atoms with Crippen LogP contribution in [0.15, 0.2) is 59.0 Å². The minimum absolute atomic E-state index is 0.174. The van der Waals surface area contributed by atoms with E-state index < -0.39 is 5.91 Å². The van der Waals surface area contributed by atoms with Gasteiger partial charge in [-0.05, 0) is 67.2 Å². The summed E-state index contributed by atoms with van der Waals surface area (Å²) >= 11 is 11.5. The van der Waals surface area contributed by atoms with Gasteiger partial charge >= 0.3 is 0 Å². The van der Waals surface area contributed by atoms with Gasteiger partial charge in [0.2, 0.25) is 0 Å². The number of anilines is 2. The summed E-state index contributed by atoms with van der Waals surface area (Å²) in [6.07, 6.45) is 0. The van der Waals surface area contributed by atoms with Gasteiger partial charge in [0.15, 0.2) is 10.9 Å². The molecule has 2 heterocycles. The predicted octanol–water partition coefficient (Wildman–Crippen LogP) is 3.37. The smallest absolute Gasteiger partial charge is 0.293 e. The number of rotatable bonds is 4. The third kappa shape index (κ3) is 5.30. The first-order valence-corrected chi connectivity index (χ1v) is 11.3. The first kappa shape index (κ1) is 22.3. The standard InChI is InChI=1S/C24H25ClN4O2S/c1-16-3-4-17(15-20(16)25)21-9-10-22(31-21)23(30)27-24(32)26-18-5-7-19(8-6-18)29-13-11-28(2)12-14-29/h3-10,15H,11-14H2,1-2H3,(H2,26,27,30,32)/p+1. The molecule has 4 rings (SSSR count). The summed E-state index contributed by atoms with van der Waals surface area (Å²) in [6.45, 7) is 6.31. The maximum Gasteiger partial charge on any atom is 0.293 e. The molecule has 1 amide bonds. The molecule has 0 bridgehead atoms. The fourth-order valence-electron chi connectivity index (χ4n) is 3.59. The van der Waals surface area contributed by atoms with Crippen LogP contribution in [0.1, 0.15) is 16.1 Å². The number of nitrogens with one attached hydrogen (secondary N) is 3. The number of aryl methyl sites for hydroxylation is 1. The van der Waals surface area contributed by atoms with Crippen molar-refractivity contribution in [1.29, 1.82) is 0 Å². The van der Waals surface area contributed by atoms with E-state index in [0.717, 1.165) is 43.0 Å². The van der Waals surface area contributed by atoms with Crippen LogP contribution in [0.25, 0.3) is 11.3 Å². The van der Waals surface area contributed by atoms with Gasteiger partial charge in [-0.2, -0.15) is 0 Å². The monoisotopic (exact) mass is 469 g/mol. The van der Waals surface area contributed by atoms with E-state index in [4.69, 9.17) is 28.2 Å². The van der Waals surface area contributed by atoms with Crippen LogP contribution in [-0.2, 0) is 0 Å². The average molecular weight is 470 g/mol. The van der Waals surface area contributed by atoms with Gasteiger partial charge in [-0.1, -0.05) is 23.7 Å². The second kappa shape index (κ2) is 9.73. The van der Waals surface area contributed by atoms with Gasteiger partial charge < -0.3 is 19.5 Å². The minimum Gasteiger partial charge on any atom is -0.451 e. The van der Waals surface area contributed by atoms with E-state index in [2.05, 4.69) is 34.7 Å². The van der Waals surface area contributed by atoms with Gasteiger partial charge in [0, 0.05) is 22.0 Å². The van der Waals surface area contributed by atoms with Crippen LogP contribution in [0.5, 0.6) is 0 Å². The van der Waals surface area contributed by atoms with Crippen molar-refractivity contribution in [2.75, 3.05) is 43.4 Å². The second-order valence-corrected chi connectivity index (χ2v) is 8.84. The molecule has 3 aromatic rings. The average Bonchev–Trinajstić information content (AvgIpc) is 3.27. The molecule has 2 aromatic carbocycles. The Kier molecular flexibility index (Phi) is 6.79. The number of likely N-dealkylation sites (N-methyl/N-ethyl adjacent to an activating group) is 1. The van der Waals surface area contributed by atoms with E-state index in [-0.39, 0.29) is 10.9 Å². The van der Waals surface area contributed by atoms with Gasteiger partial charge in [-0.25, -0.2) is 0 Å². The van der Waals surface area contributed by atoms with Gasteiger partial charge in [0.05, 0.1) is 33.2 Å². The highest BCUT2D eigenvalue weighted by atomic mass is 35.5. The SMILES string of the molecule is Cc1ccc(-c2ccc(C(=O)NC(=S)Nc3ccc(N4CC[NH+](C)CC4)cc3)o2)cc1Cl. The molecule has 1 fully saturated rings. The van der Waals surface area contributed by atoms with Crippen molar-refractivity contribution in [3.8, 4) is 11.3 Å². The van der Waals surface area contributed by atoms with Crippen molar-refractivity contribution < 1.29 is 14.1 Å². The van der Waals surface area contributed by atoms with E-state index in [1.54, 1.807) is 17.0 Å². The number of hydrogen-bond donors (Lipinski definition) is 3. The predicted molar refractivity (Wildman–Crippen MR) is 133 cm³/mol. The van der Waals surface area contributed by atoms with Gasteiger partial charge in [-0.15, -0.1) is 0 Å². The van der Waals surface area contributed by atoms with Crippen LogP contribution in [-0.4, -0.2) is 44.2 Å². The Balaban J connectivity index is 1.33. The number of benzene rings is 2. The number of carbonyl (C=O) groups is 1. The number of quaternary nitrogens is 1. The van der Waals surface area contributed by atoms with Gasteiger partial charge in [0.25, 0.3) is 5.91 Å². The number of halogens is 1.